The van der Waals surface area contributed by atoms with Crippen molar-refractivity contribution in [3.05, 3.63) is 64.7 Å². The molecule has 0 amide bonds. The van der Waals surface area contributed by atoms with E-state index in [1.54, 1.807) is 12.1 Å². The zero-order valence-electron chi connectivity index (χ0n) is 11.5. The fraction of sp³-hybridized carbons (Fsp3) is 0.235. The van der Waals surface area contributed by atoms with Gasteiger partial charge in [-0.05, 0) is 30.2 Å². The molecule has 0 aliphatic carbocycles. The standard InChI is InChI=1S/C17H16ClNO2/c18-16-10-14(6-7-15(16)17(20)21)19-9-8-13(11-19)12-4-2-1-3-5-12/h1-7,10,13H,8-9,11H2,(H,20,21). The number of benzene rings is 2. The predicted octanol–water partition coefficient (Wildman–Crippen LogP) is 4.03. The first-order chi connectivity index (χ1) is 10.1. The van der Waals surface area contributed by atoms with Crippen LogP contribution >= 0.6 is 11.6 Å². The number of halogens is 1. The summed E-state index contributed by atoms with van der Waals surface area (Å²) in [6, 6.07) is 15.6. The summed E-state index contributed by atoms with van der Waals surface area (Å²) in [5.41, 5.74) is 2.50. The number of nitrogens with zero attached hydrogens (tertiary/aromatic N) is 1. The van der Waals surface area contributed by atoms with Gasteiger partial charge in [0, 0.05) is 24.7 Å². The lowest BCUT2D eigenvalue weighted by Crippen LogP contribution is -2.19. The van der Waals surface area contributed by atoms with Gasteiger partial charge in [-0.25, -0.2) is 4.79 Å². The Morgan fingerprint density at radius 1 is 1.19 bits per heavy atom. The number of aromatic carboxylic acids is 1. The van der Waals surface area contributed by atoms with Crippen LogP contribution in [-0.4, -0.2) is 24.2 Å². The maximum absolute atomic E-state index is 11.0. The number of carbonyl (C=O) groups is 1. The van der Waals surface area contributed by atoms with E-state index in [0.717, 1.165) is 25.2 Å². The molecule has 108 valence electrons. The molecule has 0 radical (unpaired) electrons. The summed E-state index contributed by atoms with van der Waals surface area (Å²) in [4.78, 5) is 13.3. The number of carboxylic acid groups (broad SMARTS) is 1. The van der Waals surface area contributed by atoms with Crippen molar-refractivity contribution in [3.8, 4) is 0 Å². The van der Waals surface area contributed by atoms with E-state index in [1.165, 1.54) is 5.56 Å². The molecule has 0 spiro atoms. The van der Waals surface area contributed by atoms with Crippen molar-refractivity contribution in [2.24, 2.45) is 0 Å². The van der Waals surface area contributed by atoms with E-state index in [-0.39, 0.29) is 5.56 Å². The third kappa shape index (κ3) is 2.88. The lowest BCUT2D eigenvalue weighted by atomic mass is 9.99. The Bertz CT molecular complexity index is 657. The number of hydrogen-bond acceptors (Lipinski definition) is 2. The first-order valence-electron chi connectivity index (χ1n) is 6.98. The monoisotopic (exact) mass is 301 g/mol. The van der Waals surface area contributed by atoms with Crippen molar-refractivity contribution < 1.29 is 9.90 Å². The summed E-state index contributed by atoms with van der Waals surface area (Å²) in [5, 5.41) is 9.31. The molecule has 1 aliphatic heterocycles. The van der Waals surface area contributed by atoms with Gasteiger partial charge in [-0.15, -0.1) is 0 Å². The van der Waals surface area contributed by atoms with Crippen molar-refractivity contribution in [2.75, 3.05) is 18.0 Å². The molecule has 4 heteroatoms. The smallest absolute Gasteiger partial charge is 0.337 e. The zero-order chi connectivity index (χ0) is 14.8. The van der Waals surface area contributed by atoms with Crippen LogP contribution in [0, 0.1) is 0 Å². The summed E-state index contributed by atoms with van der Waals surface area (Å²) in [6.45, 7) is 1.90. The van der Waals surface area contributed by atoms with Crippen molar-refractivity contribution in [2.45, 2.75) is 12.3 Å². The SMILES string of the molecule is O=C(O)c1ccc(N2CCC(c3ccccc3)C2)cc1Cl. The lowest BCUT2D eigenvalue weighted by molar-refractivity contribution is 0.0697. The first-order valence-corrected chi connectivity index (χ1v) is 7.35. The van der Waals surface area contributed by atoms with Gasteiger partial charge >= 0.3 is 5.97 Å². The van der Waals surface area contributed by atoms with Gasteiger partial charge in [-0.2, -0.15) is 0 Å². The number of rotatable bonds is 3. The Kier molecular flexibility index (Phi) is 3.84. The molecule has 0 saturated carbocycles. The molecular formula is C17H16ClNO2. The van der Waals surface area contributed by atoms with Gasteiger partial charge in [0.15, 0.2) is 0 Å². The molecule has 0 aromatic heterocycles. The Balaban J connectivity index is 1.77. The Hall–Kier alpha value is -2.00. The molecule has 3 rings (SSSR count). The number of carboxylic acids is 1. The second-order valence-corrected chi connectivity index (χ2v) is 5.72. The molecule has 1 N–H and O–H groups in total. The minimum Gasteiger partial charge on any atom is -0.478 e. The maximum atomic E-state index is 11.0. The van der Waals surface area contributed by atoms with Crippen LogP contribution in [0.1, 0.15) is 28.3 Å². The Labute approximate surface area is 128 Å². The fourth-order valence-electron chi connectivity index (χ4n) is 2.87. The molecule has 1 atom stereocenters. The topological polar surface area (TPSA) is 40.5 Å². The maximum Gasteiger partial charge on any atom is 0.337 e. The molecule has 1 aliphatic rings. The highest BCUT2D eigenvalue weighted by Crippen LogP contribution is 2.32. The van der Waals surface area contributed by atoms with Crippen LogP contribution in [0.2, 0.25) is 5.02 Å². The first kappa shape index (κ1) is 14.0. The van der Waals surface area contributed by atoms with E-state index in [4.69, 9.17) is 16.7 Å². The van der Waals surface area contributed by atoms with Gasteiger partial charge in [0.2, 0.25) is 0 Å². The van der Waals surface area contributed by atoms with Crippen LogP contribution in [-0.2, 0) is 0 Å². The summed E-state index contributed by atoms with van der Waals surface area (Å²) in [5.74, 6) is -0.473. The van der Waals surface area contributed by atoms with E-state index in [9.17, 15) is 4.79 Å². The van der Waals surface area contributed by atoms with E-state index in [1.807, 2.05) is 12.1 Å². The summed E-state index contributed by atoms with van der Waals surface area (Å²) < 4.78 is 0. The minimum atomic E-state index is -0.991. The van der Waals surface area contributed by atoms with Crippen LogP contribution in [0.4, 0.5) is 5.69 Å². The molecule has 1 saturated heterocycles. The second kappa shape index (κ2) is 5.78. The number of hydrogen-bond donors (Lipinski definition) is 1. The van der Waals surface area contributed by atoms with Crippen LogP contribution in [0.3, 0.4) is 0 Å². The van der Waals surface area contributed by atoms with Crippen molar-refractivity contribution in [1.29, 1.82) is 0 Å². The van der Waals surface area contributed by atoms with Crippen LogP contribution in [0.25, 0.3) is 0 Å². The molecule has 21 heavy (non-hydrogen) atoms. The zero-order valence-corrected chi connectivity index (χ0v) is 12.3. The molecule has 0 bridgehead atoms. The van der Waals surface area contributed by atoms with Gasteiger partial charge in [0.25, 0.3) is 0 Å². The lowest BCUT2D eigenvalue weighted by Gasteiger charge is -2.19. The highest BCUT2D eigenvalue weighted by atomic mass is 35.5. The van der Waals surface area contributed by atoms with E-state index in [0.29, 0.717) is 10.9 Å². The molecule has 2 aromatic carbocycles. The van der Waals surface area contributed by atoms with Crippen molar-refractivity contribution in [1.82, 2.24) is 0 Å². The van der Waals surface area contributed by atoms with E-state index in [2.05, 4.69) is 29.2 Å². The molecule has 1 fully saturated rings. The van der Waals surface area contributed by atoms with Gasteiger partial charge in [-0.3, -0.25) is 0 Å². The highest BCUT2D eigenvalue weighted by Gasteiger charge is 2.24. The van der Waals surface area contributed by atoms with Crippen LogP contribution in [0.15, 0.2) is 48.5 Å². The molecule has 1 unspecified atom stereocenters. The predicted molar refractivity (Wildman–Crippen MR) is 84.4 cm³/mol. The summed E-state index contributed by atoms with van der Waals surface area (Å²) in [6.07, 6.45) is 1.10. The average Bonchev–Trinajstić information content (AvgIpc) is 2.97. The van der Waals surface area contributed by atoms with E-state index < -0.39 is 5.97 Å². The average molecular weight is 302 g/mol. The molecular weight excluding hydrogens is 286 g/mol. The largest absolute Gasteiger partial charge is 0.478 e. The van der Waals surface area contributed by atoms with Crippen molar-refractivity contribution >= 4 is 23.3 Å². The molecule has 3 nitrogen and oxygen atoms in total. The quantitative estimate of drug-likeness (QED) is 0.930. The van der Waals surface area contributed by atoms with Gasteiger partial charge in [-0.1, -0.05) is 41.9 Å². The van der Waals surface area contributed by atoms with Gasteiger partial charge < -0.3 is 10.0 Å². The fourth-order valence-corrected chi connectivity index (χ4v) is 3.12. The normalized spacial score (nSPS) is 18.0. The number of anilines is 1. The minimum absolute atomic E-state index is 0.152. The third-order valence-electron chi connectivity index (χ3n) is 4.01. The van der Waals surface area contributed by atoms with E-state index >= 15 is 0 Å². The van der Waals surface area contributed by atoms with Gasteiger partial charge in [0.05, 0.1) is 10.6 Å². The highest BCUT2D eigenvalue weighted by molar-refractivity contribution is 6.33. The van der Waals surface area contributed by atoms with Gasteiger partial charge in [0.1, 0.15) is 0 Å². The second-order valence-electron chi connectivity index (χ2n) is 5.31. The summed E-state index contributed by atoms with van der Waals surface area (Å²) >= 11 is 6.05. The van der Waals surface area contributed by atoms with Crippen LogP contribution < -0.4 is 4.90 Å². The molecule has 2 aromatic rings. The third-order valence-corrected chi connectivity index (χ3v) is 4.32. The summed E-state index contributed by atoms with van der Waals surface area (Å²) in [7, 11) is 0. The van der Waals surface area contributed by atoms with Crippen molar-refractivity contribution in [3.63, 3.8) is 0 Å². The Morgan fingerprint density at radius 3 is 2.62 bits per heavy atom. The Morgan fingerprint density at radius 2 is 1.95 bits per heavy atom. The molecule has 1 heterocycles. The van der Waals surface area contributed by atoms with Crippen LogP contribution in [0.5, 0.6) is 0 Å².